The van der Waals surface area contributed by atoms with Gasteiger partial charge in [-0.25, -0.2) is 0 Å². The van der Waals surface area contributed by atoms with Gasteiger partial charge in [0.2, 0.25) is 0 Å². The zero-order chi connectivity index (χ0) is 8.97. The maximum Gasteiger partial charge on any atom is 0.137 e. The second-order valence-electron chi connectivity index (χ2n) is 3.55. The lowest BCUT2D eigenvalue weighted by atomic mass is 9.94. The van der Waals surface area contributed by atoms with Crippen molar-refractivity contribution in [3.05, 3.63) is 12.2 Å². The third-order valence-electron chi connectivity index (χ3n) is 2.33. The maximum atomic E-state index is 11.3. The highest BCUT2D eigenvalue weighted by molar-refractivity contribution is 5.81. The molecule has 1 aliphatic rings. The lowest BCUT2D eigenvalue weighted by Crippen LogP contribution is -2.42. The van der Waals surface area contributed by atoms with E-state index < -0.39 is 0 Å². The summed E-state index contributed by atoms with van der Waals surface area (Å²) < 4.78 is 0. The van der Waals surface area contributed by atoms with E-state index in [1.807, 2.05) is 6.92 Å². The predicted molar refractivity (Wildman–Crippen MR) is 50.0 cm³/mol. The summed E-state index contributed by atoms with van der Waals surface area (Å²) in [6.07, 6.45) is 2.26. The van der Waals surface area contributed by atoms with Gasteiger partial charge in [-0.15, -0.1) is 0 Å². The van der Waals surface area contributed by atoms with E-state index in [0.717, 1.165) is 31.5 Å². The van der Waals surface area contributed by atoms with Gasteiger partial charge in [-0.05, 0) is 25.4 Å². The van der Waals surface area contributed by atoms with E-state index in [-0.39, 0.29) is 0 Å². The second kappa shape index (κ2) is 4.41. The zero-order valence-corrected chi connectivity index (χ0v) is 7.73. The molecule has 0 amide bonds. The van der Waals surface area contributed by atoms with Crippen LogP contribution in [-0.4, -0.2) is 18.9 Å². The monoisotopic (exact) mass is 167 g/mol. The molecule has 1 saturated heterocycles. The largest absolute Gasteiger partial charge is 0.316 e. The Kier molecular flexibility index (Phi) is 3.48. The van der Waals surface area contributed by atoms with Crippen molar-refractivity contribution in [3.8, 4) is 0 Å². The van der Waals surface area contributed by atoms with Gasteiger partial charge < -0.3 is 5.32 Å². The van der Waals surface area contributed by atoms with Crippen LogP contribution < -0.4 is 5.32 Å². The summed E-state index contributed by atoms with van der Waals surface area (Å²) in [4.78, 5) is 11.3. The molecule has 0 aromatic heterocycles. The molecule has 2 heteroatoms. The maximum absolute atomic E-state index is 11.3. The highest BCUT2D eigenvalue weighted by atomic mass is 16.1. The summed E-state index contributed by atoms with van der Waals surface area (Å²) in [7, 11) is 0. The van der Waals surface area contributed by atoms with Gasteiger partial charge in [0, 0.05) is 12.8 Å². The van der Waals surface area contributed by atoms with E-state index in [4.69, 9.17) is 0 Å². The second-order valence-corrected chi connectivity index (χ2v) is 3.55. The highest BCUT2D eigenvalue weighted by Gasteiger charge is 2.19. The van der Waals surface area contributed by atoms with Crippen LogP contribution in [0.3, 0.4) is 0 Å². The molecule has 68 valence electrons. The first kappa shape index (κ1) is 9.46. The third-order valence-corrected chi connectivity index (χ3v) is 2.33. The van der Waals surface area contributed by atoms with Crippen LogP contribution in [0.4, 0.5) is 0 Å². The molecule has 1 fully saturated rings. The Morgan fingerprint density at radius 2 is 2.25 bits per heavy atom. The number of hydrogen-bond acceptors (Lipinski definition) is 2. The van der Waals surface area contributed by atoms with Crippen LogP contribution in [0.1, 0.15) is 26.2 Å². The molecule has 0 aromatic carbocycles. The Balaban J connectivity index is 2.14. The summed E-state index contributed by atoms with van der Waals surface area (Å²) in [5.74, 6) is 0.954. The van der Waals surface area contributed by atoms with Crippen LogP contribution in [0.2, 0.25) is 0 Å². The number of allylic oxidation sites excluding steroid dienone is 1. The predicted octanol–water partition coefficient (Wildman–Crippen LogP) is 1.52. The molecule has 1 aliphatic heterocycles. The molecule has 1 rings (SSSR count). The van der Waals surface area contributed by atoms with Crippen molar-refractivity contribution in [2.45, 2.75) is 26.2 Å². The fourth-order valence-corrected chi connectivity index (χ4v) is 1.29. The van der Waals surface area contributed by atoms with Crippen LogP contribution in [0.25, 0.3) is 0 Å². The molecular weight excluding hydrogens is 150 g/mol. The standard InChI is InChI=1S/C10H17NO/c1-3-8(2)4-10(12)5-9-6-11-7-9/h9,11H,2-7H2,1H3. The molecule has 0 aromatic rings. The van der Waals surface area contributed by atoms with Crippen molar-refractivity contribution in [2.75, 3.05) is 13.1 Å². The number of carbonyl (C=O) groups is 1. The average molecular weight is 167 g/mol. The van der Waals surface area contributed by atoms with Gasteiger partial charge in [0.05, 0.1) is 0 Å². The molecule has 0 bridgehead atoms. The molecule has 1 N–H and O–H groups in total. The van der Waals surface area contributed by atoms with Gasteiger partial charge in [0.25, 0.3) is 0 Å². The molecular formula is C10H17NO. The first-order chi connectivity index (χ1) is 5.72. The van der Waals surface area contributed by atoms with Crippen molar-refractivity contribution < 1.29 is 4.79 Å². The summed E-state index contributed by atoms with van der Waals surface area (Å²) in [6, 6.07) is 0. The van der Waals surface area contributed by atoms with Crippen LogP contribution in [0.5, 0.6) is 0 Å². The van der Waals surface area contributed by atoms with E-state index in [2.05, 4.69) is 11.9 Å². The van der Waals surface area contributed by atoms with Crippen LogP contribution in [0.15, 0.2) is 12.2 Å². The molecule has 0 unspecified atom stereocenters. The van der Waals surface area contributed by atoms with Crippen LogP contribution >= 0.6 is 0 Å². The Hall–Kier alpha value is -0.630. The van der Waals surface area contributed by atoms with Gasteiger partial charge in [-0.1, -0.05) is 19.1 Å². The first-order valence-corrected chi connectivity index (χ1v) is 4.61. The molecule has 0 saturated carbocycles. The number of carbonyl (C=O) groups excluding carboxylic acids is 1. The number of hydrogen-bond donors (Lipinski definition) is 1. The number of nitrogens with one attached hydrogen (secondary N) is 1. The molecule has 0 spiro atoms. The van der Waals surface area contributed by atoms with E-state index in [1.165, 1.54) is 0 Å². The normalized spacial score (nSPS) is 17.1. The average Bonchev–Trinajstić information content (AvgIpc) is 1.97. The van der Waals surface area contributed by atoms with Crippen molar-refractivity contribution in [2.24, 2.45) is 5.92 Å². The summed E-state index contributed by atoms with van der Waals surface area (Å²) in [5, 5.41) is 3.16. The Morgan fingerprint density at radius 1 is 1.58 bits per heavy atom. The minimum absolute atomic E-state index is 0.355. The first-order valence-electron chi connectivity index (χ1n) is 4.61. The SMILES string of the molecule is C=C(CC)CC(=O)CC1CNC1. The lowest BCUT2D eigenvalue weighted by molar-refractivity contribution is -0.119. The highest BCUT2D eigenvalue weighted by Crippen LogP contribution is 2.13. The summed E-state index contributed by atoms with van der Waals surface area (Å²) >= 11 is 0. The number of ketones is 1. The molecule has 0 radical (unpaired) electrons. The minimum atomic E-state index is 0.355. The quantitative estimate of drug-likeness (QED) is 0.629. The van der Waals surface area contributed by atoms with E-state index >= 15 is 0 Å². The van der Waals surface area contributed by atoms with Crippen LogP contribution in [-0.2, 0) is 4.79 Å². The molecule has 12 heavy (non-hydrogen) atoms. The van der Waals surface area contributed by atoms with Crippen molar-refractivity contribution in [3.63, 3.8) is 0 Å². The molecule has 2 nitrogen and oxygen atoms in total. The van der Waals surface area contributed by atoms with E-state index in [0.29, 0.717) is 18.1 Å². The Labute approximate surface area is 74.0 Å². The summed E-state index contributed by atoms with van der Waals surface area (Å²) in [6.45, 7) is 7.91. The number of Topliss-reactive ketones (excluding diaryl/α,β-unsaturated/α-hetero) is 1. The fourth-order valence-electron chi connectivity index (χ4n) is 1.29. The van der Waals surface area contributed by atoms with Crippen molar-refractivity contribution in [1.82, 2.24) is 5.32 Å². The van der Waals surface area contributed by atoms with Crippen molar-refractivity contribution >= 4 is 5.78 Å². The van der Waals surface area contributed by atoms with Gasteiger partial charge in [0.15, 0.2) is 0 Å². The number of rotatable bonds is 5. The minimum Gasteiger partial charge on any atom is -0.316 e. The van der Waals surface area contributed by atoms with E-state index in [9.17, 15) is 4.79 Å². The third kappa shape index (κ3) is 2.78. The van der Waals surface area contributed by atoms with Gasteiger partial charge >= 0.3 is 0 Å². The fraction of sp³-hybridized carbons (Fsp3) is 0.700. The zero-order valence-electron chi connectivity index (χ0n) is 7.73. The Bertz CT molecular complexity index is 182. The van der Waals surface area contributed by atoms with Gasteiger partial charge in [-0.2, -0.15) is 0 Å². The molecule has 0 atom stereocenters. The van der Waals surface area contributed by atoms with Crippen LogP contribution in [0, 0.1) is 5.92 Å². The smallest absolute Gasteiger partial charge is 0.137 e. The molecule has 0 aliphatic carbocycles. The lowest BCUT2D eigenvalue weighted by Gasteiger charge is -2.26. The van der Waals surface area contributed by atoms with E-state index in [1.54, 1.807) is 0 Å². The molecule has 1 heterocycles. The van der Waals surface area contributed by atoms with Gasteiger partial charge in [-0.3, -0.25) is 4.79 Å². The Morgan fingerprint density at radius 3 is 2.67 bits per heavy atom. The van der Waals surface area contributed by atoms with Crippen molar-refractivity contribution in [1.29, 1.82) is 0 Å². The van der Waals surface area contributed by atoms with Gasteiger partial charge in [0.1, 0.15) is 5.78 Å². The summed E-state index contributed by atoms with van der Waals surface area (Å²) in [5.41, 5.74) is 1.06. The topological polar surface area (TPSA) is 29.1 Å².